The van der Waals surface area contributed by atoms with Gasteiger partial charge in [0.25, 0.3) is 10.1 Å². The van der Waals surface area contributed by atoms with Crippen molar-refractivity contribution in [2.24, 2.45) is 67.6 Å². The molecule has 12 N–H and O–H groups in total. The summed E-state index contributed by atoms with van der Waals surface area (Å²) in [6.07, 6.45) is 16.0. The predicted octanol–water partition coefficient (Wildman–Crippen LogP) is 10.1. The first-order chi connectivity index (χ1) is 43.5. The number of carbonyl (C=O) groups is 4. The van der Waals surface area contributed by atoms with Crippen molar-refractivity contribution in [3.05, 3.63) is 144 Å². The Labute approximate surface area is 714 Å². The fraction of sp³-hybridized carbons (Fsp3) is 0.616. The van der Waals surface area contributed by atoms with Gasteiger partial charge in [-0.15, -0.1) is 0 Å². The Kier molecular flexibility index (Phi) is 60.1. The van der Waals surface area contributed by atoms with Crippen LogP contribution < -0.4 is 81.4 Å². The van der Waals surface area contributed by atoms with E-state index in [0.717, 1.165) is 52.0 Å². The molecule has 577 valence electrons. The zero-order valence-electron chi connectivity index (χ0n) is 59.3. The van der Waals surface area contributed by atoms with Crippen LogP contribution in [0, 0.1) is 56.2 Å². The minimum absolute atomic E-state index is 0. The molecule has 0 aromatic heterocycles. The van der Waals surface area contributed by atoms with Crippen molar-refractivity contribution in [1.29, 1.82) is 0 Å². The molecule has 6 bridgehead atoms. The summed E-state index contributed by atoms with van der Waals surface area (Å²) in [4.78, 5) is 40.1. The molecule has 0 saturated heterocycles. The number of carboxylic acids is 4. The van der Waals surface area contributed by atoms with Crippen molar-refractivity contribution >= 4 is 142 Å². The Hall–Kier alpha value is 0.124. The van der Waals surface area contributed by atoms with Crippen molar-refractivity contribution in [3.63, 3.8) is 0 Å². The Morgan fingerprint density at radius 2 is 0.804 bits per heavy atom. The van der Waals surface area contributed by atoms with Gasteiger partial charge in [-0.1, -0.05) is 268 Å². The molecule has 18 nitrogen and oxygen atoms in total. The molecule has 6 aliphatic rings. The average molecular weight is 1970 g/mol. The van der Waals surface area contributed by atoms with E-state index < -0.39 is 71.3 Å². The van der Waals surface area contributed by atoms with Crippen molar-refractivity contribution in [2.45, 2.75) is 215 Å². The average Bonchev–Trinajstić information content (AvgIpc) is 1.59. The third-order valence-electron chi connectivity index (χ3n) is 21.2. The summed E-state index contributed by atoms with van der Waals surface area (Å²) in [5, 5.41) is 36.1. The first kappa shape index (κ1) is 115. The molecule has 13 atom stereocenters. The SMILES string of the molecule is C.C.C.C.CC1(C)C2CCC1(C)C(N)C2.CC1(C)C2CCC1(C)C([NH3+])C2.CC1CC2CCC1(C)C2(C)C.CS(=O)(=O)O.CS(=O)(=O)[O-].N[C@@H](Cc1ccccc1)C(=O)O.O=C(O)[C@@H](Br)Cc1ccccc1.O=C(O)[C@H](Br)Cc1ccccc1.O=C([O-])[C@H](Br)Cc1ccccc1.[Na+].[Na+].[OH-].[S]=[V]([I])[I]. The van der Waals surface area contributed by atoms with Gasteiger partial charge >= 0.3 is 134 Å². The molecule has 0 heterocycles. The van der Waals surface area contributed by atoms with Gasteiger partial charge in [0.05, 0.1) is 33.2 Å². The Bertz CT molecular complexity index is 2890. The van der Waals surface area contributed by atoms with Crippen LogP contribution in [0.25, 0.3) is 0 Å². The molecule has 9 unspecified atom stereocenters. The Morgan fingerprint density at radius 1 is 0.559 bits per heavy atom. The van der Waals surface area contributed by atoms with Crippen LogP contribution in [-0.4, -0.2) is 116 Å². The number of alkyl halides is 3. The number of hydrogen-bond donors (Lipinski definition) is 7. The molecule has 0 aliphatic heterocycles. The third-order valence-corrected chi connectivity index (χ3v) is 23.4. The van der Waals surface area contributed by atoms with E-state index in [-0.39, 0.29) is 94.3 Å². The monoisotopic (exact) mass is 1960 g/mol. The molecule has 6 aliphatic carbocycles. The van der Waals surface area contributed by atoms with E-state index in [1.54, 1.807) is 0 Å². The van der Waals surface area contributed by atoms with Gasteiger partial charge < -0.3 is 52.5 Å². The number of halogens is 5. The molecule has 6 fully saturated rings. The van der Waals surface area contributed by atoms with Gasteiger partial charge in [0, 0.05) is 24.1 Å². The number of benzene rings is 4. The van der Waals surface area contributed by atoms with E-state index in [9.17, 15) is 32.7 Å². The van der Waals surface area contributed by atoms with Gasteiger partial charge in [0.2, 0.25) is 0 Å². The van der Waals surface area contributed by atoms with Crippen molar-refractivity contribution in [2.75, 3.05) is 12.5 Å². The molecular formula is C73H120Br3I2N3Na2O15S3V. The minimum atomic E-state index is -3.92. The Morgan fingerprint density at radius 3 is 0.951 bits per heavy atom. The summed E-state index contributed by atoms with van der Waals surface area (Å²) < 4.78 is 53.1. The van der Waals surface area contributed by atoms with Crippen LogP contribution in [0.4, 0.5) is 0 Å². The molecule has 0 amide bonds. The fourth-order valence-electron chi connectivity index (χ4n) is 13.9. The van der Waals surface area contributed by atoms with Gasteiger partial charge in [-0.2, -0.15) is 8.42 Å². The van der Waals surface area contributed by atoms with E-state index in [4.69, 9.17) is 54.6 Å². The summed E-state index contributed by atoms with van der Waals surface area (Å²) in [6.45, 7) is 23.7. The standard InChI is InChI=1S/C11H20.2C10H19N.3C9H9BrO2.C9H11NO2.2CH4O3S.4CH4.2HI.2Na.H2O.S.V/c1-8-7-9-5-6-11(8,4)10(9,2)3;2*1-9(2)7-4-5-10(9,3)8(11)6-7;4*10-8(9(11)12)6-7-4-2-1-3-5-7;2*1-5(2,3)4;;;;;;;;;;;/h8-9H,5-7H2,1-4H3;2*7-8H,4-6,11H2,1-3H3;3*1-5,8H,6H2,(H,11,12);1-5,8H,6,10H2,(H,11,12);2*1H3,(H,2,3,4);4*1H4;2*1H;;;1H2;;/q;;;;;;;;;;;;;;;2*+1;;;+2/p-4/t;;;4*8-;;;;;;;;;;;;;/m...1100............./s1. The molecule has 0 spiro atoms. The van der Waals surface area contributed by atoms with Crippen molar-refractivity contribution < 1.29 is 143 Å². The van der Waals surface area contributed by atoms with Gasteiger partial charge in [-0.25, -0.2) is 8.42 Å². The normalized spacial score (nSPS) is 24.5. The second-order valence-corrected chi connectivity index (χ2v) is 57.1. The zero-order chi connectivity index (χ0) is 73.3. The van der Waals surface area contributed by atoms with Crippen molar-refractivity contribution in [3.8, 4) is 0 Å². The zero-order valence-corrected chi connectivity index (χ0v) is 76.2. The van der Waals surface area contributed by atoms with Crippen LogP contribution in [0.15, 0.2) is 121 Å². The molecule has 6 saturated carbocycles. The molecule has 29 heteroatoms. The van der Waals surface area contributed by atoms with E-state index in [0.29, 0.717) is 76.7 Å². The quantitative estimate of drug-likeness (QED) is 0.0300. The van der Waals surface area contributed by atoms with Crippen LogP contribution in [-0.2, 0) is 71.7 Å². The number of aliphatic carboxylic acids is 4. The summed E-state index contributed by atoms with van der Waals surface area (Å²) in [6, 6.07) is 38.2. The first-order valence-corrected chi connectivity index (χ1v) is 48.9. The van der Waals surface area contributed by atoms with Gasteiger partial charge in [-0.3, -0.25) is 18.9 Å². The third kappa shape index (κ3) is 39.8. The second kappa shape index (κ2) is 53.1. The fourth-order valence-corrected chi connectivity index (χ4v) is 15.0. The van der Waals surface area contributed by atoms with Gasteiger partial charge in [0.15, 0.2) is 0 Å². The number of fused-ring (bicyclic) bond motifs is 6. The van der Waals surface area contributed by atoms with Crippen LogP contribution in [0.5, 0.6) is 0 Å². The summed E-state index contributed by atoms with van der Waals surface area (Å²) in [7, 11) is -2.84. The van der Waals surface area contributed by atoms with E-state index in [1.807, 2.05) is 121 Å². The summed E-state index contributed by atoms with van der Waals surface area (Å²) in [5.74, 6) is 0.201. The van der Waals surface area contributed by atoms with E-state index >= 15 is 0 Å². The molecule has 102 heavy (non-hydrogen) atoms. The van der Waals surface area contributed by atoms with E-state index in [2.05, 4.69) is 163 Å². The van der Waals surface area contributed by atoms with Crippen molar-refractivity contribution in [1.82, 2.24) is 0 Å². The Balaban J connectivity index is -0.000000198. The van der Waals surface area contributed by atoms with Crippen LogP contribution in [0.2, 0.25) is 0 Å². The molecular weight excluding hydrogens is 1850 g/mol. The summed E-state index contributed by atoms with van der Waals surface area (Å²) >= 11 is 13.8. The molecule has 4 aromatic carbocycles. The second-order valence-electron chi connectivity index (χ2n) is 27.8. The maximum atomic E-state index is 10.5. The van der Waals surface area contributed by atoms with Crippen LogP contribution in [0.3, 0.4) is 0 Å². The molecule has 10 rings (SSSR count). The number of quaternary nitrogens is 1. The summed E-state index contributed by atoms with van der Waals surface area (Å²) in [5.41, 5.74) is 23.1. The van der Waals surface area contributed by atoms with E-state index in [1.165, 1.54) is 57.8 Å². The number of carboxylic acid groups (broad SMARTS) is 4. The molecule has 4 aromatic rings. The molecule has 0 radical (unpaired) electrons. The van der Waals surface area contributed by atoms with Crippen LogP contribution >= 0.6 is 98.0 Å². The first-order valence-electron chi connectivity index (χ1n) is 31.4. The van der Waals surface area contributed by atoms with Gasteiger partial charge in [-0.05, 0) is 150 Å². The number of nitrogens with two attached hydrogens (primary N) is 2. The topological polar surface area (TPSA) is 373 Å². The number of hydrogen-bond acceptors (Lipinski definition) is 14. The van der Waals surface area contributed by atoms with Gasteiger partial charge in [0.1, 0.15) is 15.7 Å². The number of carbonyl (C=O) groups excluding carboxylic acids is 1. The predicted molar refractivity (Wildman–Crippen MR) is 434 cm³/mol. The number of rotatable bonds is 12. The maximum absolute atomic E-state index is 10.5. The van der Waals surface area contributed by atoms with Crippen LogP contribution in [0.1, 0.15) is 179 Å².